The number of carbonyl (C=O) groups is 1. The number of para-hydroxylation sites is 1. The van der Waals surface area contributed by atoms with Crippen molar-refractivity contribution in [1.29, 1.82) is 0 Å². The smallest absolute Gasteiger partial charge is 0.230 e. The molecule has 0 unspecified atom stereocenters. The number of carbonyl (C=O) groups excluding carboxylic acids is 1. The number of piperidine rings is 1. The van der Waals surface area contributed by atoms with Crippen molar-refractivity contribution in [3.63, 3.8) is 0 Å². The number of hydrogen-bond acceptors (Lipinski definition) is 6. The summed E-state index contributed by atoms with van der Waals surface area (Å²) in [5.41, 5.74) is 3.52. The van der Waals surface area contributed by atoms with Gasteiger partial charge in [-0.1, -0.05) is 36.4 Å². The van der Waals surface area contributed by atoms with Crippen molar-refractivity contribution in [2.45, 2.75) is 25.4 Å². The number of fused-ring (bicyclic) bond motifs is 1. The second-order valence-corrected chi connectivity index (χ2v) is 8.10. The number of nitrogens with one attached hydrogen (secondary N) is 2. The molecule has 166 valence electrons. The lowest BCUT2D eigenvalue weighted by Crippen LogP contribution is -2.34. The van der Waals surface area contributed by atoms with Crippen LogP contribution >= 0.6 is 0 Å². The van der Waals surface area contributed by atoms with Crippen molar-refractivity contribution in [2.24, 2.45) is 0 Å². The highest BCUT2D eigenvalue weighted by Gasteiger charge is 2.15. The molecule has 1 amide bonds. The zero-order valence-corrected chi connectivity index (χ0v) is 18.2. The van der Waals surface area contributed by atoms with Crippen molar-refractivity contribution in [1.82, 2.24) is 20.3 Å². The van der Waals surface area contributed by atoms with E-state index < -0.39 is 0 Å². The summed E-state index contributed by atoms with van der Waals surface area (Å²) in [5.74, 6) is 1.19. The third-order valence-electron chi connectivity index (χ3n) is 5.72. The molecule has 2 N–H and O–H groups in total. The van der Waals surface area contributed by atoms with E-state index in [9.17, 15) is 4.79 Å². The lowest BCUT2D eigenvalue weighted by atomic mass is 10.0. The molecule has 4 aromatic rings. The maximum Gasteiger partial charge on any atom is 0.230 e. The largest absolute Gasteiger partial charge is 0.490 e. The topological polar surface area (TPSA) is 89.0 Å². The molecule has 0 saturated carbocycles. The Bertz CT molecular complexity index is 1260. The molecule has 0 bridgehead atoms. The molecule has 33 heavy (non-hydrogen) atoms. The number of anilines is 1. The van der Waals surface area contributed by atoms with Gasteiger partial charge in [0.25, 0.3) is 0 Å². The lowest BCUT2D eigenvalue weighted by Gasteiger charge is -2.24. The average Bonchev–Trinajstić information content (AvgIpc) is 2.85. The van der Waals surface area contributed by atoms with E-state index in [1.54, 1.807) is 12.3 Å². The quantitative estimate of drug-likeness (QED) is 0.472. The summed E-state index contributed by atoms with van der Waals surface area (Å²) in [6.07, 6.45) is 5.47. The molecule has 7 nitrogen and oxygen atoms in total. The van der Waals surface area contributed by atoms with E-state index in [1.165, 1.54) is 6.33 Å². The van der Waals surface area contributed by atoms with Crippen LogP contribution in [0.1, 0.15) is 18.4 Å². The van der Waals surface area contributed by atoms with Crippen LogP contribution in [0.2, 0.25) is 0 Å². The number of amides is 1. The summed E-state index contributed by atoms with van der Waals surface area (Å²) < 4.78 is 6.21. The monoisotopic (exact) mass is 439 g/mol. The highest BCUT2D eigenvalue weighted by molar-refractivity contribution is 5.95. The van der Waals surface area contributed by atoms with Gasteiger partial charge in [0.05, 0.1) is 17.6 Å². The number of rotatable bonds is 6. The third kappa shape index (κ3) is 5.15. The second-order valence-electron chi connectivity index (χ2n) is 8.10. The molecule has 1 aliphatic heterocycles. The van der Waals surface area contributed by atoms with Gasteiger partial charge >= 0.3 is 0 Å². The van der Waals surface area contributed by atoms with Gasteiger partial charge in [-0.2, -0.15) is 0 Å². The van der Waals surface area contributed by atoms with Gasteiger partial charge in [0.2, 0.25) is 5.91 Å². The fourth-order valence-corrected chi connectivity index (χ4v) is 4.07. The molecule has 1 aliphatic rings. The molecule has 0 radical (unpaired) electrons. The average molecular weight is 440 g/mol. The predicted octanol–water partition coefficient (Wildman–Crippen LogP) is 4.00. The Hall–Kier alpha value is -3.84. The van der Waals surface area contributed by atoms with Crippen LogP contribution in [0.3, 0.4) is 0 Å². The van der Waals surface area contributed by atoms with E-state index in [-0.39, 0.29) is 18.4 Å². The molecule has 2 aromatic heterocycles. The summed E-state index contributed by atoms with van der Waals surface area (Å²) in [7, 11) is 0. The van der Waals surface area contributed by atoms with Crippen LogP contribution in [-0.4, -0.2) is 40.1 Å². The molecule has 0 spiro atoms. The first-order valence-corrected chi connectivity index (χ1v) is 11.2. The number of benzene rings is 2. The number of nitrogens with zero attached hydrogens (tertiary/aromatic N) is 3. The minimum Gasteiger partial charge on any atom is -0.490 e. The Morgan fingerprint density at radius 2 is 1.94 bits per heavy atom. The van der Waals surface area contributed by atoms with Crippen LogP contribution in [0.25, 0.3) is 22.2 Å². The van der Waals surface area contributed by atoms with Gasteiger partial charge < -0.3 is 15.4 Å². The molecule has 2 aromatic carbocycles. The lowest BCUT2D eigenvalue weighted by molar-refractivity contribution is -0.115. The Morgan fingerprint density at radius 3 is 2.79 bits per heavy atom. The van der Waals surface area contributed by atoms with Gasteiger partial charge in [0, 0.05) is 17.1 Å². The summed E-state index contributed by atoms with van der Waals surface area (Å²) >= 11 is 0. The molecular weight excluding hydrogens is 414 g/mol. The standard InChI is InChI=1S/C26H25N5O2/c32-25(31-24-11-14-28-17-29-24)16-20-5-1-3-18-7-8-23(30-26(18)20)19-4-2-6-22(15-19)33-21-9-12-27-13-10-21/h1-8,11,14-15,17,21,27H,9-10,12-13,16H2,(H,28,29,31,32). The third-order valence-corrected chi connectivity index (χ3v) is 5.72. The minimum absolute atomic E-state index is 0.147. The predicted molar refractivity (Wildman–Crippen MR) is 128 cm³/mol. The second kappa shape index (κ2) is 9.75. The molecule has 3 heterocycles. The molecule has 1 saturated heterocycles. The Kier molecular flexibility index (Phi) is 6.21. The normalized spacial score (nSPS) is 14.2. The van der Waals surface area contributed by atoms with Crippen molar-refractivity contribution >= 4 is 22.6 Å². The van der Waals surface area contributed by atoms with Gasteiger partial charge in [0.15, 0.2) is 0 Å². The van der Waals surface area contributed by atoms with E-state index in [0.29, 0.717) is 5.82 Å². The zero-order valence-electron chi connectivity index (χ0n) is 18.2. The highest BCUT2D eigenvalue weighted by Crippen LogP contribution is 2.27. The minimum atomic E-state index is -0.147. The number of pyridine rings is 1. The Morgan fingerprint density at radius 1 is 1.06 bits per heavy atom. The maximum absolute atomic E-state index is 12.6. The number of hydrogen-bond donors (Lipinski definition) is 2. The Labute approximate surface area is 192 Å². The SMILES string of the molecule is O=C(Cc1cccc2ccc(-c3cccc(OC4CCNCC4)c3)nc12)Nc1ccncn1. The fraction of sp³-hybridized carbons (Fsp3) is 0.231. The van der Waals surface area contributed by atoms with E-state index in [1.807, 2.05) is 54.6 Å². The van der Waals surface area contributed by atoms with E-state index >= 15 is 0 Å². The summed E-state index contributed by atoms with van der Waals surface area (Å²) in [5, 5.41) is 7.16. The highest BCUT2D eigenvalue weighted by atomic mass is 16.5. The Balaban J connectivity index is 1.39. The van der Waals surface area contributed by atoms with Crippen LogP contribution < -0.4 is 15.4 Å². The first-order valence-electron chi connectivity index (χ1n) is 11.2. The number of aromatic nitrogens is 3. The summed E-state index contributed by atoms with van der Waals surface area (Å²) in [4.78, 5) is 25.4. The van der Waals surface area contributed by atoms with Crippen LogP contribution in [0, 0.1) is 0 Å². The molecule has 0 aliphatic carbocycles. The van der Waals surface area contributed by atoms with E-state index in [2.05, 4.69) is 20.6 Å². The molecule has 5 rings (SSSR count). The van der Waals surface area contributed by atoms with Gasteiger partial charge in [-0.05, 0) is 55.8 Å². The number of ether oxygens (including phenoxy) is 1. The van der Waals surface area contributed by atoms with Gasteiger partial charge in [-0.25, -0.2) is 15.0 Å². The fourth-order valence-electron chi connectivity index (χ4n) is 4.07. The summed E-state index contributed by atoms with van der Waals surface area (Å²) in [6.45, 7) is 1.98. The first-order chi connectivity index (χ1) is 16.2. The van der Waals surface area contributed by atoms with Gasteiger partial charge in [-0.3, -0.25) is 4.79 Å². The van der Waals surface area contributed by atoms with Crippen LogP contribution in [0.5, 0.6) is 5.75 Å². The van der Waals surface area contributed by atoms with Crippen LogP contribution in [0.15, 0.2) is 73.2 Å². The van der Waals surface area contributed by atoms with Crippen molar-refractivity contribution in [3.8, 4) is 17.0 Å². The molecule has 0 atom stereocenters. The van der Waals surface area contributed by atoms with Crippen molar-refractivity contribution in [2.75, 3.05) is 18.4 Å². The van der Waals surface area contributed by atoms with Crippen LogP contribution in [-0.2, 0) is 11.2 Å². The zero-order chi connectivity index (χ0) is 22.5. The molecule has 1 fully saturated rings. The van der Waals surface area contributed by atoms with E-state index in [0.717, 1.165) is 59.4 Å². The van der Waals surface area contributed by atoms with Crippen molar-refractivity contribution in [3.05, 3.63) is 78.8 Å². The van der Waals surface area contributed by atoms with Crippen LogP contribution in [0.4, 0.5) is 5.82 Å². The first kappa shape index (κ1) is 21.0. The maximum atomic E-state index is 12.6. The summed E-state index contributed by atoms with van der Waals surface area (Å²) in [6, 6.07) is 19.7. The van der Waals surface area contributed by atoms with E-state index in [4.69, 9.17) is 9.72 Å². The van der Waals surface area contributed by atoms with Gasteiger partial charge in [0.1, 0.15) is 24.0 Å². The molecule has 7 heteroatoms. The van der Waals surface area contributed by atoms with Crippen molar-refractivity contribution < 1.29 is 9.53 Å². The van der Waals surface area contributed by atoms with Gasteiger partial charge in [-0.15, -0.1) is 0 Å². The molecular formula is C26H25N5O2.